The minimum absolute atomic E-state index is 0.0191. The van der Waals surface area contributed by atoms with Gasteiger partial charge in [0.2, 0.25) is 5.88 Å². The summed E-state index contributed by atoms with van der Waals surface area (Å²) in [6.07, 6.45) is 1.46. The van der Waals surface area contributed by atoms with Gasteiger partial charge in [0.05, 0.1) is 0 Å². The van der Waals surface area contributed by atoms with Crippen molar-refractivity contribution in [1.29, 1.82) is 5.26 Å². The van der Waals surface area contributed by atoms with Gasteiger partial charge in [0, 0.05) is 18.0 Å². The lowest BCUT2D eigenvalue weighted by atomic mass is 10.3. The van der Waals surface area contributed by atoms with Gasteiger partial charge in [-0.1, -0.05) is 0 Å². The van der Waals surface area contributed by atoms with Crippen molar-refractivity contribution in [3.8, 4) is 17.7 Å². The SMILES string of the molecule is N#Cc1cccnc1Oc1ccc(N)cc1F. The van der Waals surface area contributed by atoms with Gasteiger partial charge in [-0.2, -0.15) is 5.26 Å². The van der Waals surface area contributed by atoms with Crippen LogP contribution in [0.25, 0.3) is 0 Å². The van der Waals surface area contributed by atoms with Crippen LogP contribution in [0.2, 0.25) is 0 Å². The van der Waals surface area contributed by atoms with Crippen molar-refractivity contribution in [3.05, 3.63) is 47.9 Å². The van der Waals surface area contributed by atoms with E-state index in [-0.39, 0.29) is 17.2 Å². The summed E-state index contributed by atoms with van der Waals surface area (Å²) in [5.74, 6) is -0.549. The highest BCUT2D eigenvalue weighted by molar-refractivity contribution is 5.45. The fourth-order valence-corrected chi connectivity index (χ4v) is 1.26. The summed E-state index contributed by atoms with van der Waals surface area (Å²) in [5.41, 5.74) is 5.96. The van der Waals surface area contributed by atoms with E-state index in [1.165, 1.54) is 24.4 Å². The number of nitriles is 1. The van der Waals surface area contributed by atoms with Gasteiger partial charge in [-0.15, -0.1) is 0 Å². The van der Waals surface area contributed by atoms with Gasteiger partial charge in [-0.3, -0.25) is 0 Å². The fraction of sp³-hybridized carbons (Fsp3) is 0. The molecule has 0 saturated carbocycles. The molecule has 2 aromatic rings. The zero-order chi connectivity index (χ0) is 12.3. The van der Waals surface area contributed by atoms with E-state index < -0.39 is 5.82 Å². The third-order valence-corrected chi connectivity index (χ3v) is 2.05. The summed E-state index contributed by atoms with van der Waals surface area (Å²) in [7, 11) is 0. The van der Waals surface area contributed by atoms with E-state index in [1.807, 2.05) is 6.07 Å². The van der Waals surface area contributed by atoms with Gasteiger partial charge in [0.25, 0.3) is 0 Å². The summed E-state index contributed by atoms with van der Waals surface area (Å²) in [6, 6.07) is 9.09. The number of nitrogens with two attached hydrogens (primary N) is 1. The van der Waals surface area contributed by atoms with Crippen molar-refractivity contribution in [1.82, 2.24) is 4.98 Å². The molecule has 0 aliphatic carbocycles. The Kier molecular flexibility index (Phi) is 2.88. The largest absolute Gasteiger partial charge is 0.435 e. The van der Waals surface area contributed by atoms with Crippen molar-refractivity contribution in [3.63, 3.8) is 0 Å². The van der Waals surface area contributed by atoms with Crippen LogP contribution in [0.4, 0.5) is 10.1 Å². The van der Waals surface area contributed by atoms with Gasteiger partial charge in [-0.05, 0) is 24.3 Å². The molecular weight excluding hydrogens is 221 g/mol. The summed E-state index contributed by atoms with van der Waals surface area (Å²) in [4.78, 5) is 3.87. The average Bonchev–Trinajstić information content (AvgIpc) is 2.33. The number of ether oxygens (including phenoxy) is 1. The Balaban J connectivity index is 2.35. The molecule has 0 saturated heterocycles. The molecule has 0 unspecified atom stereocenters. The quantitative estimate of drug-likeness (QED) is 0.803. The Bertz CT molecular complexity index is 593. The van der Waals surface area contributed by atoms with E-state index in [1.54, 1.807) is 6.07 Å². The number of anilines is 1. The predicted molar refractivity (Wildman–Crippen MR) is 59.8 cm³/mol. The molecule has 1 heterocycles. The van der Waals surface area contributed by atoms with Crippen molar-refractivity contribution in [2.45, 2.75) is 0 Å². The first-order valence-electron chi connectivity index (χ1n) is 4.78. The third-order valence-electron chi connectivity index (χ3n) is 2.05. The fourth-order valence-electron chi connectivity index (χ4n) is 1.26. The first-order chi connectivity index (χ1) is 8.20. The molecule has 0 aliphatic heterocycles. The first kappa shape index (κ1) is 10.9. The Morgan fingerprint density at radius 1 is 1.35 bits per heavy atom. The van der Waals surface area contributed by atoms with Crippen molar-refractivity contribution in [2.24, 2.45) is 0 Å². The average molecular weight is 229 g/mol. The van der Waals surface area contributed by atoms with Crippen LogP contribution in [-0.4, -0.2) is 4.98 Å². The number of benzene rings is 1. The zero-order valence-corrected chi connectivity index (χ0v) is 8.72. The lowest BCUT2D eigenvalue weighted by Gasteiger charge is -2.07. The van der Waals surface area contributed by atoms with Gasteiger partial charge in [0.15, 0.2) is 11.6 Å². The molecule has 0 radical (unpaired) electrons. The maximum Gasteiger partial charge on any atom is 0.237 e. The Hall–Kier alpha value is -2.61. The molecule has 0 spiro atoms. The molecule has 84 valence electrons. The van der Waals surface area contributed by atoms with Crippen LogP contribution in [0, 0.1) is 17.1 Å². The maximum atomic E-state index is 13.5. The minimum atomic E-state index is -0.598. The molecule has 4 nitrogen and oxygen atoms in total. The van der Waals surface area contributed by atoms with Crippen LogP contribution in [0.15, 0.2) is 36.5 Å². The number of hydrogen-bond acceptors (Lipinski definition) is 4. The molecule has 2 N–H and O–H groups in total. The predicted octanol–water partition coefficient (Wildman–Crippen LogP) is 2.47. The van der Waals surface area contributed by atoms with E-state index in [2.05, 4.69) is 4.98 Å². The molecule has 5 heteroatoms. The number of rotatable bonds is 2. The third kappa shape index (κ3) is 2.32. The van der Waals surface area contributed by atoms with Crippen LogP contribution >= 0.6 is 0 Å². The smallest absolute Gasteiger partial charge is 0.237 e. The summed E-state index contributed by atoms with van der Waals surface area (Å²) < 4.78 is 18.7. The molecule has 1 aromatic carbocycles. The highest BCUT2D eigenvalue weighted by atomic mass is 19.1. The summed E-state index contributed by atoms with van der Waals surface area (Å²) in [6.45, 7) is 0. The standard InChI is InChI=1S/C12H8FN3O/c13-10-6-9(15)3-4-11(10)17-12-8(7-14)2-1-5-16-12/h1-6H,15H2. The normalized spacial score (nSPS) is 9.65. The number of nitrogens with zero attached hydrogens (tertiary/aromatic N) is 2. The number of halogens is 1. The maximum absolute atomic E-state index is 13.5. The van der Waals surface area contributed by atoms with Crippen LogP contribution in [0.1, 0.15) is 5.56 Å². The molecule has 0 bridgehead atoms. The van der Waals surface area contributed by atoms with Crippen molar-refractivity contribution < 1.29 is 9.13 Å². The molecule has 0 atom stereocenters. The van der Waals surface area contributed by atoms with E-state index >= 15 is 0 Å². The molecule has 1 aromatic heterocycles. The second-order valence-electron chi connectivity index (χ2n) is 3.26. The van der Waals surface area contributed by atoms with Gasteiger partial charge < -0.3 is 10.5 Å². The molecule has 17 heavy (non-hydrogen) atoms. The second-order valence-corrected chi connectivity index (χ2v) is 3.26. The van der Waals surface area contributed by atoms with Gasteiger partial charge >= 0.3 is 0 Å². The van der Waals surface area contributed by atoms with Crippen molar-refractivity contribution in [2.75, 3.05) is 5.73 Å². The highest BCUT2D eigenvalue weighted by Crippen LogP contribution is 2.26. The number of hydrogen-bond donors (Lipinski definition) is 1. The molecule has 2 rings (SSSR count). The Morgan fingerprint density at radius 3 is 2.88 bits per heavy atom. The minimum Gasteiger partial charge on any atom is -0.435 e. The number of aromatic nitrogens is 1. The van der Waals surface area contributed by atoms with Crippen LogP contribution in [-0.2, 0) is 0 Å². The second kappa shape index (κ2) is 4.49. The lowest BCUT2D eigenvalue weighted by Crippen LogP contribution is -1.94. The monoisotopic (exact) mass is 229 g/mol. The van der Waals surface area contributed by atoms with Crippen LogP contribution in [0.5, 0.6) is 11.6 Å². The van der Waals surface area contributed by atoms with Crippen molar-refractivity contribution >= 4 is 5.69 Å². The van der Waals surface area contributed by atoms with E-state index in [0.717, 1.165) is 6.07 Å². The zero-order valence-electron chi connectivity index (χ0n) is 8.72. The molecule has 0 aliphatic rings. The van der Waals surface area contributed by atoms with Gasteiger partial charge in [-0.25, -0.2) is 9.37 Å². The van der Waals surface area contributed by atoms with Crippen LogP contribution < -0.4 is 10.5 Å². The Morgan fingerprint density at radius 2 is 2.18 bits per heavy atom. The summed E-state index contributed by atoms with van der Waals surface area (Å²) >= 11 is 0. The first-order valence-corrected chi connectivity index (χ1v) is 4.78. The van der Waals surface area contributed by atoms with E-state index in [4.69, 9.17) is 15.7 Å². The Labute approximate surface area is 97.1 Å². The summed E-state index contributed by atoms with van der Waals surface area (Å²) in [5, 5.41) is 8.83. The highest BCUT2D eigenvalue weighted by Gasteiger charge is 2.09. The topological polar surface area (TPSA) is 71.9 Å². The number of nitrogen functional groups attached to an aromatic ring is 1. The molecular formula is C12H8FN3O. The molecule has 0 amide bonds. The molecule has 0 fully saturated rings. The van der Waals surface area contributed by atoms with Crippen LogP contribution in [0.3, 0.4) is 0 Å². The lowest BCUT2D eigenvalue weighted by molar-refractivity contribution is 0.426. The number of pyridine rings is 1. The van der Waals surface area contributed by atoms with E-state index in [0.29, 0.717) is 5.69 Å². The van der Waals surface area contributed by atoms with E-state index in [9.17, 15) is 4.39 Å². The van der Waals surface area contributed by atoms with Gasteiger partial charge in [0.1, 0.15) is 11.6 Å².